The lowest BCUT2D eigenvalue weighted by Gasteiger charge is -2.18. The largest absolute Gasteiger partial charge is 0.373 e. The van der Waals surface area contributed by atoms with Crippen LogP contribution in [0.2, 0.25) is 0 Å². The number of anilines is 2. The summed E-state index contributed by atoms with van der Waals surface area (Å²) in [5.74, 6) is 3.86. The van der Waals surface area contributed by atoms with E-state index in [1.54, 1.807) is 0 Å². The summed E-state index contributed by atoms with van der Waals surface area (Å²) in [5, 5.41) is 6.76. The first kappa shape index (κ1) is 12.7. The third-order valence-electron chi connectivity index (χ3n) is 4.69. The van der Waals surface area contributed by atoms with Gasteiger partial charge in [-0.25, -0.2) is 9.97 Å². The van der Waals surface area contributed by atoms with Gasteiger partial charge in [0.25, 0.3) is 0 Å². The van der Waals surface area contributed by atoms with Crippen molar-refractivity contribution in [2.75, 3.05) is 24.2 Å². The second kappa shape index (κ2) is 4.66. The summed E-state index contributed by atoms with van der Waals surface area (Å²) in [6, 6.07) is 0. The Bertz CT molecular complexity index is 475. The molecule has 2 aliphatic rings. The summed E-state index contributed by atoms with van der Waals surface area (Å²) in [6.07, 6.45) is 6.54. The molecule has 3 rings (SSSR count). The van der Waals surface area contributed by atoms with E-state index < -0.39 is 0 Å². The Balaban J connectivity index is 1.75. The number of aromatic nitrogens is 2. The van der Waals surface area contributed by atoms with E-state index in [0.717, 1.165) is 41.9 Å². The Morgan fingerprint density at radius 3 is 2.42 bits per heavy atom. The Hall–Kier alpha value is -1.32. The number of nitrogens with one attached hydrogen (secondary N) is 2. The van der Waals surface area contributed by atoms with Crippen LogP contribution in [0.15, 0.2) is 0 Å². The third-order valence-corrected chi connectivity index (χ3v) is 4.69. The maximum atomic E-state index is 4.65. The molecule has 2 fully saturated rings. The first-order chi connectivity index (χ1) is 9.18. The predicted octanol–water partition coefficient (Wildman–Crippen LogP) is 2.99. The normalized spacial score (nSPS) is 20.2. The van der Waals surface area contributed by atoms with Crippen molar-refractivity contribution in [2.24, 2.45) is 11.3 Å². The zero-order valence-electron chi connectivity index (χ0n) is 12.2. The van der Waals surface area contributed by atoms with Crippen molar-refractivity contribution in [3.05, 3.63) is 11.4 Å². The maximum Gasteiger partial charge on any atom is 0.134 e. The molecule has 1 heterocycles. The van der Waals surface area contributed by atoms with Gasteiger partial charge in [0.1, 0.15) is 17.5 Å². The molecule has 2 saturated carbocycles. The molecule has 2 aliphatic carbocycles. The standard InChI is InChI=1S/C15H24N4/c1-4-12-18-13(16-3)10(2)14(19-12)17-9-15(7-8-15)11-5-6-11/h11H,4-9H2,1-3H3,(H2,16,17,18,19). The summed E-state index contributed by atoms with van der Waals surface area (Å²) in [4.78, 5) is 9.16. The third kappa shape index (κ3) is 2.40. The van der Waals surface area contributed by atoms with Crippen molar-refractivity contribution >= 4 is 11.6 Å². The van der Waals surface area contributed by atoms with Crippen molar-refractivity contribution in [1.82, 2.24) is 9.97 Å². The predicted molar refractivity (Wildman–Crippen MR) is 78.6 cm³/mol. The van der Waals surface area contributed by atoms with Crippen LogP contribution in [0.5, 0.6) is 0 Å². The van der Waals surface area contributed by atoms with E-state index in [1.807, 2.05) is 7.05 Å². The van der Waals surface area contributed by atoms with Gasteiger partial charge in [-0.15, -0.1) is 0 Å². The SMILES string of the molecule is CCc1nc(NC)c(C)c(NCC2(C3CC3)CC2)n1. The molecule has 0 bridgehead atoms. The molecule has 19 heavy (non-hydrogen) atoms. The summed E-state index contributed by atoms with van der Waals surface area (Å²) in [6.45, 7) is 5.27. The molecule has 104 valence electrons. The van der Waals surface area contributed by atoms with E-state index in [0.29, 0.717) is 5.41 Å². The molecule has 0 unspecified atom stereocenters. The van der Waals surface area contributed by atoms with Gasteiger partial charge in [-0.1, -0.05) is 6.92 Å². The number of hydrogen-bond donors (Lipinski definition) is 2. The van der Waals surface area contributed by atoms with Crippen LogP contribution < -0.4 is 10.6 Å². The van der Waals surface area contributed by atoms with Crippen LogP contribution in [0, 0.1) is 18.3 Å². The van der Waals surface area contributed by atoms with Crippen LogP contribution >= 0.6 is 0 Å². The van der Waals surface area contributed by atoms with Crippen LogP contribution in [0.3, 0.4) is 0 Å². The second-order valence-corrected chi connectivity index (χ2v) is 6.06. The molecule has 2 N–H and O–H groups in total. The molecule has 0 atom stereocenters. The minimum Gasteiger partial charge on any atom is -0.373 e. The summed E-state index contributed by atoms with van der Waals surface area (Å²) < 4.78 is 0. The van der Waals surface area contributed by atoms with Crippen molar-refractivity contribution in [3.8, 4) is 0 Å². The van der Waals surface area contributed by atoms with Gasteiger partial charge in [-0.3, -0.25) is 0 Å². The number of hydrogen-bond acceptors (Lipinski definition) is 4. The highest BCUT2D eigenvalue weighted by molar-refractivity contribution is 5.57. The summed E-state index contributed by atoms with van der Waals surface area (Å²) in [5.41, 5.74) is 1.73. The van der Waals surface area contributed by atoms with E-state index in [1.165, 1.54) is 25.7 Å². The van der Waals surface area contributed by atoms with E-state index in [4.69, 9.17) is 0 Å². The summed E-state index contributed by atoms with van der Waals surface area (Å²) >= 11 is 0. The Kier molecular flexibility index (Phi) is 3.11. The van der Waals surface area contributed by atoms with Crippen molar-refractivity contribution in [1.29, 1.82) is 0 Å². The van der Waals surface area contributed by atoms with Crippen molar-refractivity contribution in [3.63, 3.8) is 0 Å². The minimum absolute atomic E-state index is 0.601. The van der Waals surface area contributed by atoms with Gasteiger partial charge in [0.05, 0.1) is 0 Å². The topological polar surface area (TPSA) is 49.8 Å². The Morgan fingerprint density at radius 2 is 1.89 bits per heavy atom. The number of rotatable bonds is 6. The average molecular weight is 260 g/mol. The smallest absolute Gasteiger partial charge is 0.134 e. The fourth-order valence-electron chi connectivity index (χ4n) is 2.98. The highest BCUT2D eigenvalue weighted by Gasteiger charge is 2.53. The van der Waals surface area contributed by atoms with Crippen LogP contribution in [-0.4, -0.2) is 23.6 Å². The fraction of sp³-hybridized carbons (Fsp3) is 0.733. The second-order valence-electron chi connectivity index (χ2n) is 6.06. The quantitative estimate of drug-likeness (QED) is 0.825. The van der Waals surface area contributed by atoms with E-state index in [2.05, 4.69) is 34.4 Å². The van der Waals surface area contributed by atoms with Crippen molar-refractivity contribution in [2.45, 2.75) is 46.0 Å². The maximum absolute atomic E-state index is 4.65. The van der Waals surface area contributed by atoms with Crippen LogP contribution in [0.4, 0.5) is 11.6 Å². The molecule has 4 nitrogen and oxygen atoms in total. The molecule has 4 heteroatoms. The van der Waals surface area contributed by atoms with Crippen LogP contribution in [-0.2, 0) is 6.42 Å². The summed E-state index contributed by atoms with van der Waals surface area (Å²) in [7, 11) is 1.92. The zero-order chi connectivity index (χ0) is 13.5. The van der Waals surface area contributed by atoms with E-state index in [-0.39, 0.29) is 0 Å². The highest BCUT2D eigenvalue weighted by atomic mass is 15.1. The van der Waals surface area contributed by atoms with Crippen LogP contribution in [0.25, 0.3) is 0 Å². The molecule has 0 spiro atoms. The molecule has 1 aromatic rings. The average Bonchev–Trinajstić information content (AvgIpc) is 3.28. The molecule has 0 amide bonds. The van der Waals surface area contributed by atoms with Gasteiger partial charge in [0, 0.05) is 25.6 Å². The lowest BCUT2D eigenvalue weighted by Crippen LogP contribution is -2.19. The molecule has 1 aromatic heterocycles. The molecular formula is C15H24N4. The highest BCUT2D eigenvalue weighted by Crippen LogP contribution is 2.61. The van der Waals surface area contributed by atoms with E-state index >= 15 is 0 Å². The molecule has 0 saturated heterocycles. The van der Waals surface area contributed by atoms with Crippen molar-refractivity contribution < 1.29 is 0 Å². The van der Waals surface area contributed by atoms with Gasteiger partial charge in [-0.2, -0.15) is 0 Å². The number of aryl methyl sites for hydroxylation is 1. The first-order valence-corrected chi connectivity index (χ1v) is 7.47. The van der Waals surface area contributed by atoms with E-state index in [9.17, 15) is 0 Å². The Labute approximate surface area is 115 Å². The molecule has 0 aliphatic heterocycles. The number of nitrogens with zero attached hydrogens (tertiary/aromatic N) is 2. The monoisotopic (exact) mass is 260 g/mol. The first-order valence-electron chi connectivity index (χ1n) is 7.47. The lowest BCUT2D eigenvalue weighted by molar-refractivity contribution is 0.466. The zero-order valence-corrected chi connectivity index (χ0v) is 12.2. The van der Waals surface area contributed by atoms with Gasteiger partial charge in [0.2, 0.25) is 0 Å². The fourth-order valence-corrected chi connectivity index (χ4v) is 2.98. The van der Waals surface area contributed by atoms with Gasteiger partial charge in [0.15, 0.2) is 0 Å². The lowest BCUT2D eigenvalue weighted by atomic mass is 10.0. The van der Waals surface area contributed by atoms with Gasteiger partial charge >= 0.3 is 0 Å². The minimum atomic E-state index is 0.601. The molecule has 0 radical (unpaired) electrons. The van der Waals surface area contributed by atoms with Crippen LogP contribution in [0.1, 0.15) is 44.0 Å². The van der Waals surface area contributed by atoms with Gasteiger partial charge < -0.3 is 10.6 Å². The van der Waals surface area contributed by atoms with Gasteiger partial charge in [-0.05, 0) is 43.9 Å². The molecular weight excluding hydrogens is 236 g/mol. The molecule has 0 aromatic carbocycles. The Morgan fingerprint density at radius 1 is 1.21 bits per heavy atom.